The number of ether oxygens (including phenoxy) is 3. The van der Waals surface area contributed by atoms with E-state index in [4.69, 9.17) is 14.2 Å². The maximum Gasteiger partial charge on any atom is 0.311 e. The van der Waals surface area contributed by atoms with Gasteiger partial charge in [0.15, 0.2) is 18.1 Å². The molecule has 1 fully saturated rings. The summed E-state index contributed by atoms with van der Waals surface area (Å²) in [6.45, 7) is -0.114. The second-order valence-corrected chi connectivity index (χ2v) is 8.11. The third-order valence-corrected chi connectivity index (χ3v) is 5.96. The number of thiophene rings is 1. The highest BCUT2D eigenvalue weighted by Gasteiger charge is 2.36. The molecule has 0 spiro atoms. The quantitative estimate of drug-likeness (QED) is 0.375. The van der Waals surface area contributed by atoms with Crippen LogP contribution in [-0.4, -0.2) is 37.9 Å². The molecule has 0 saturated carbocycles. The zero-order chi connectivity index (χ0) is 22.5. The lowest BCUT2D eigenvalue weighted by molar-refractivity contribution is -0.147. The fourth-order valence-electron chi connectivity index (χ4n) is 3.40. The number of methoxy groups -OCH3 is 1. The Morgan fingerprint density at radius 2 is 1.78 bits per heavy atom. The van der Waals surface area contributed by atoms with Crippen LogP contribution in [-0.2, 0) is 14.3 Å². The molecule has 1 saturated heterocycles. The van der Waals surface area contributed by atoms with E-state index in [1.165, 1.54) is 11.3 Å². The predicted molar refractivity (Wildman–Crippen MR) is 120 cm³/mol. The Balaban J connectivity index is 1.35. The molecule has 4 rings (SSSR count). The second kappa shape index (κ2) is 9.65. The van der Waals surface area contributed by atoms with Gasteiger partial charge in [0.2, 0.25) is 11.7 Å². The van der Waals surface area contributed by atoms with Crippen LogP contribution in [0.15, 0.2) is 66.0 Å². The van der Waals surface area contributed by atoms with Gasteiger partial charge in [0.05, 0.1) is 17.9 Å². The molecule has 0 unspecified atom stereocenters. The highest BCUT2D eigenvalue weighted by Crippen LogP contribution is 2.33. The van der Waals surface area contributed by atoms with Gasteiger partial charge in [-0.2, -0.15) is 0 Å². The lowest BCUT2D eigenvalue weighted by Gasteiger charge is -2.17. The Morgan fingerprint density at radius 1 is 1.03 bits per heavy atom. The first-order valence-electron chi connectivity index (χ1n) is 10.00. The average molecular weight is 452 g/mol. The molecule has 2 aromatic carbocycles. The van der Waals surface area contributed by atoms with Crippen molar-refractivity contribution in [3.05, 3.63) is 70.9 Å². The molecule has 32 heavy (non-hydrogen) atoms. The molecule has 0 N–H and O–H groups in total. The molecule has 1 aromatic heterocycles. The Kier molecular flexibility index (Phi) is 6.51. The number of benzene rings is 2. The van der Waals surface area contributed by atoms with Crippen LogP contribution in [0.1, 0.15) is 16.1 Å². The normalized spacial score (nSPS) is 15.5. The molecule has 7 nitrogen and oxygen atoms in total. The molecule has 3 aromatic rings. The van der Waals surface area contributed by atoms with Crippen molar-refractivity contribution in [3.63, 3.8) is 0 Å². The molecule has 2 heterocycles. The highest BCUT2D eigenvalue weighted by molar-refractivity contribution is 7.12. The van der Waals surface area contributed by atoms with Gasteiger partial charge >= 0.3 is 5.97 Å². The van der Waals surface area contributed by atoms with Crippen LogP contribution < -0.4 is 14.4 Å². The highest BCUT2D eigenvalue weighted by atomic mass is 32.1. The Hall–Kier alpha value is -3.65. The number of hydrogen-bond acceptors (Lipinski definition) is 7. The van der Waals surface area contributed by atoms with Gasteiger partial charge in [-0.1, -0.05) is 18.2 Å². The standard InChI is InChI=1S/C24H21NO6S/c1-29-20-5-2-3-6-21(20)31-18-10-8-17(9-11-18)25-14-16(13-23(25)27)24(28)30-15-19(26)22-7-4-12-32-22/h2-12,16H,13-15H2,1H3/t16-/m1/s1. The van der Waals surface area contributed by atoms with E-state index in [1.807, 2.05) is 12.1 Å². The molecule has 1 atom stereocenters. The van der Waals surface area contributed by atoms with E-state index in [0.717, 1.165) is 0 Å². The number of ketones is 1. The second-order valence-electron chi connectivity index (χ2n) is 7.16. The molecule has 0 aliphatic carbocycles. The number of esters is 1. The number of anilines is 1. The molecular weight excluding hydrogens is 430 g/mol. The zero-order valence-corrected chi connectivity index (χ0v) is 18.2. The molecule has 8 heteroatoms. The summed E-state index contributed by atoms with van der Waals surface area (Å²) < 4.78 is 16.3. The summed E-state index contributed by atoms with van der Waals surface area (Å²) in [5.74, 6) is 0.221. The first-order chi connectivity index (χ1) is 15.5. The van der Waals surface area contributed by atoms with Gasteiger partial charge in [-0.15, -0.1) is 11.3 Å². The van der Waals surface area contributed by atoms with Crippen LogP contribution >= 0.6 is 11.3 Å². The van der Waals surface area contributed by atoms with Gasteiger partial charge in [0.25, 0.3) is 0 Å². The molecule has 0 bridgehead atoms. The average Bonchev–Trinajstić information content (AvgIpc) is 3.48. The fourth-order valence-corrected chi connectivity index (χ4v) is 4.05. The number of carbonyl (C=O) groups is 3. The summed E-state index contributed by atoms with van der Waals surface area (Å²) in [6, 6.07) is 17.8. The van der Waals surface area contributed by atoms with E-state index in [1.54, 1.807) is 65.9 Å². The van der Waals surface area contributed by atoms with Gasteiger partial charge < -0.3 is 19.1 Å². The van der Waals surface area contributed by atoms with Crippen LogP contribution in [0, 0.1) is 5.92 Å². The van der Waals surface area contributed by atoms with Gasteiger partial charge in [0, 0.05) is 18.7 Å². The van der Waals surface area contributed by atoms with Crippen molar-refractivity contribution in [2.24, 2.45) is 5.92 Å². The van der Waals surface area contributed by atoms with Crippen molar-refractivity contribution < 1.29 is 28.6 Å². The summed E-state index contributed by atoms with van der Waals surface area (Å²) in [5, 5.41) is 1.79. The van der Waals surface area contributed by atoms with Crippen molar-refractivity contribution in [2.45, 2.75) is 6.42 Å². The van der Waals surface area contributed by atoms with Crippen molar-refractivity contribution in [2.75, 3.05) is 25.2 Å². The Morgan fingerprint density at radius 3 is 2.47 bits per heavy atom. The van der Waals surface area contributed by atoms with E-state index in [2.05, 4.69) is 0 Å². The molecule has 0 radical (unpaired) electrons. The third-order valence-electron chi connectivity index (χ3n) is 5.05. The van der Waals surface area contributed by atoms with E-state index in [9.17, 15) is 14.4 Å². The summed E-state index contributed by atoms with van der Waals surface area (Å²) in [4.78, 5) is 39.0. The SMILES string of the molecule is COc1ccccc1Oc1ccc(N2C[C@H](C(=O)OCC(=O)c3cccs3)CC2=O)cc1. The van der Waals surface area contributed by atoms with Gasteiger partial charge in [-0.3, -0.25) is 14.4 Å². The summed E-state index contributed by atoms with van der Waals surface area (Å²) >= 11 is 1.30. The Labute approximate surface area is 189 Å². The number of carbonyl (C=O) groups excluding carboxylic acids is 3. The zero-order valence-electron chi connectivity index (χ0n) is 17.4. The monoisotopic (exact) mass is 451 g/mol. The van der Waals surface area contributed by atoms with E-state index in [-0.39, 0.29) is 31.3 Å². The van der Waals surface area contributed by atoms with Crippen molar-refractivity contribution >= 4 is 34.7 Å². The summed E-state index contributed by atoms with van der Waals surface area (Å²) in [5.41, 5.74) is 0.660. The number of para-hydroxylation sites is 2. The van der Waals surface area contributed by atoms with Crippen LogP contribution in [0.5, 0.6) is 17.2 Å². The molecule has 1 aliphatic rings. The maximum atomic E-state index is 12.5. The minimum Gasteiger partial charge on any atom is -0.493 e. The van der Waals surface area contributed by atoms with Crippen LogP contribution in [0.3, 0.4) is 0 Å². The molecule has 1 amide bonds. The van der Waals surface area contributed by atoms with Gasteiger partial charge in [0.1, 0.15) is 5.75 Å². The van der Waals surface area contributed by atoms with Crippen molar-refractivity contribution in [1.82, 2.24) is 0 Å². The first kappa shape index (κ1) is 21.6. The lowest BCUT2D eigenvalue weighted by Crippen LogP contribution is -2.27. The van der Waals surface area contributed by atoms with E-state index in [0.29, 0.717) is 27.8 Å². The summed E-state index contributed by atoms with van der Waals surface area (Å²) in [7, 11) is 1.57. The first-order valence-corrected chi connectivity index (χ1v) is 10.9. The Bertz CT molecular complexity index is 1110. The predicted octanol–water partition coefficient (Wildman–Crippen LogP) is 4.33. The van der Waals surface area contributed by atoms with Gasteiger partial charge in [-0.05, 0) is 47.8 Å². The molecule has 1 aliphatic heterocycles. The molecular formula is C24H21NO6S. The smallest absolute Gasteiger partial charge is 0.311 e. The van der Waals surface area contributed by atoms with Crippen LogP contribution in [0.4, 0.5) is 5.69 Å². The number of amides is 1. The topological polar surface area (TPSA) is 82.1 Å². The van der Waals surface area contributed by atoms with Crippen LogP contribution in [0.25, 0.3) is 0 Å². The van der Waals surface area contributed by atoms with E-state index < -0.39 is 11.9 Å². The van der Waals surface area contributed by atoms with Crippen LogP contribution in [0.2, 0.25) is 0 Å². The third kappa shape index (κ3) is 4.81. The number of nitrogens with zero attached hydrogens (tertiary/aromatic N) is 1. The largest absolute Gasteiger partial charge is 0.493 e. The maximum absolute atomic E-state index is 12.5. The summed E-state index contributed by atoms with van der Waals surface area (Å²) in [6.07, 6.45) is 0.0471. The van der Waals surface area contributed by atoms with Gasteiger partial charge in [-0.25, -0.2) is 0 Å². The lowest BCUT2D eigenvalue weighted by atomic mass is 10.1. The number of hydrogen-bond donors (Lipinski definition) is 0. The van der Waals surface area contributed by atoms with Crippen molar-refractivity contribution in [3.8, 4) is 17.2 Å². The van der Waals surface area contributed by atoms with E-state index >= 15 is 0 Å². The minimum atomic E-state index is -0.608. The number of Topliss-reactive ketones (excluding diaryl/α,β-unsaturated/α-hetero) is 1. The number of rotatable bonds is 8. The van der Waals surface area contributed by atoms with Crippen molar-refractivity contribution in [1.29, 1.82) is 0 Å². The minimum absolute atomic E-state index is 0.0471. The fraction of sp³-hybridized carbons (Fsp3) is 0.208. The molecule has 164 valence electrons.